The van der Waals surface area contributed by atoms with E-state index in [4.69, 9.17) is 19.2 Å². The van der Waals surface area contributed by atoms with Crippen LogP contribution in [0.2, 0.25) is 0 Å². The standard InChI is InChI=1S/C47H64N6O9S/c1-4-31-26-47(31,44(56)51-63(58,59)46(2)21-22-46)50-41(54)37-25-33-28-53(37)43(55)39(29-14-7-5-8-15-29)49-45(57)62-38-24-30(38)16-9-6-10-19-35-40(60-32-17-13-23-52(3)27-32)34-18-11-12-20-36(34)48-42(35)61-33/h4,11-12,18,20,29-33,37-39H,1,5-10,13-17,19,21-28H2,2-3H3,(H,49,57)(H,50,54)(H,51,56)/t30-,31-,32?,33-,37+,38-,39+,47-/m1/s1. The molecule has 6 fully saturated rings. The molecule has 4 aliphatic carbocycles. The molecule has 2 saturated heterocycles. The van der Waals surface area contributed by atoms with Gasteiger partial charge in [0.05, 0.1) is 22.4 Å². The topological polar surface area (TPSA) is 186 Å². The monoisotopic (exact) mass is 888 g/mol. The second-order valence-corrected chi connectivity index (χ2v) is 22.0. The zero-order valence-electron chi connectivity index (χ0n) is 36.8. The van der Waals surface area contributed by atoms with Crippen LogP contribution in [0, 0.1) is 17.8 Å². The van der Waals surface area contributed by atoms with E-state index in [0.717, 1.165) is 107 Å². The number of nitrogens with one attached hydrogen (secondary N) is 3. The molecule has 1 unspecified atom stereocenters. The van der Waals surface area contributed by atoms with Crippen LogP contribution in [0.25, 0.3) is 10.9 Å². The van der Waals surface area contributed by atoms with Crippen LogP contribution in [0.4, 0.5) is 4.79 Å². The van der Waals surface area contributed by atoms with Crippen molar-refractivity contribution in [1.82, 2.24) is 30.1 Å². The molecule has 63 heavy (non-hydrogen) atoms. The lowest BCUT2D eigenvalue weighted by Crippen LogP contribution is -2.59. The lowest BCUT2D eigenvalue weighted by molar-refractivity contribution is -0.142. The molecule has 1 aromatic heterocycles. The molecule has 2 aromatic rings. The van der Waals surface area contributed by atoms with Gasteiger partial charge >= 0.3 is 6.09 Å². The molecule has 3 aliphatic heterocycles. The number of amides is 4. The van der Waals surface area contributed by atoms with Gasteiger partial charge in [0.15, 0.2) is 0 Å². The van der Waals surface area contributed by atoms with Crippen LogP contribution >= 0.6 is 0 Å². The first-order chi connectivity index (χ1) is 30.3. The largest absolute Gasteiger partial charge is 0.488 e. The van der Waals surface area contributed by atoms with Crippen LogP contribution < -0.4 is 24.8 Å². The first kappa shape index (κ1) is 43.8. The molecule has 2 bridgehead atoms. The van der Waals surface area contributed by atoms with Crippen molar-refractivity contribution in [2.24, 2.45) is 17.8 Å². The van der Waals surface area contributed by atoms with Gasteiger partial charge in [-0.25, -0.2) is 18.2 Å². The van der Waals surface area contributed by atoms with E-state index >= 15 is 4.79 Å². The Morgan fingerprint density at radius 1 is 0.968 bits per heavy atom. The number of hydrogen-bond acceptors (Lipinski definition) is 11. The summed E-state index contributed by atoms with van der Waals surface area (Å²) in [6.45, 7) is 7.28. The Labute approximate surface area is 370 Å². The van der Waals surface area contributed by atoms with Crippen molar-refractivity contribution in [3.8, 4) is 11.6 Å². The lowest BCUT2D eigenvalue weighted by Gasteiger charge is -2.34. The number of benzene rings is 1. The second-order valence-electron chi connectivity index (χ2n) is 19.8. The number of likely N-dealkylation sites (N-methyl/N-ethyl adjacent to an activating group) is 1. The maximum absolute atomic E-state index is 15.1. The molecule has 4 saturated carbocycles. The van der Waals surface area contributed by atoms with Crippen LogP contribution in [0.5, 0.6) is 11.6 Å². The summed E-state index contributed by atoms with van der Waals surface area (Å²) in [6.07, 6.45) is 12.5. The minimum Gasteiger partial charge on any atom is -0.488 e. The summed E-state index contributed by atoms with van der Waals surface area (Å²) in [5, 5.41) is 6.78. The average molecular weight is 889 g/mol. The Morgan fingerprint density at radius 2 is 1.71 bits per heavy atom. The average Bonchev–Trinajstić information content (AvgIpc) is 4.23. The van der Waals surface area contributed by atoms with Crippen molar-refractivity contribution >= 4 is 44.7 Å². The maximum Gasteiger partial charge on any atom is 0.408 e. The van der Waals surface area contributed by atoms with Crippen LogP contribution in [0.3, 0.4) is 0 Å². The first-order valence-corrected chi connectivity index (χ1v) is 25.0. The molecule has 0 spiro atoms. The molecule has 9 rings (SSSR count). The smallest absolute Gasteiger partial charge is 0.408 e. The molecular weight excluding hydrogens is 825 g/mol. The molecule has 4 heterocycles. The molecule has 4 amide bonds. The number of alkyl carbamates (subject to hydrolysis) is 1. The van der Waals surface area contributed by atoms with Gasteiger partial charge in [0.25, 0.3) is 5.91 Å². The van der Waals surface area contributed by atoms with Crippen molar-refractivity contribution in [3.05, 3.63) is 42.5 Å². The van der Waals surface area contributed by atoms with Crippen LogP contribution in [-0.4, -0.2) is 114 Å². The van der Waals surface area contributed by atoms with E-state index in [0.29, 0.717) is 30.7 Å². The zero-order chi connectivity index (χ0) is 44.1. The Morgan fingerprint density at radius 3 is 2.44 bits per heavy atom. The predicted molar refractivity (Wildman–Crippen MR) is 235 cm³/mol. The summed E-state index contributed by atoms with van der Waals surface area (Å²) in [6, 6.07) is 5.83. The van der Waals surface area contributed by atoms with Gasteiger partial charge in [-0.15, -0.1) is 6.58 Å². The number of ether oxygens (including phenoxy) is 3. The highest BCUT2D eigenvalue weighted by Crippen LogP contribution is 2.48. The van der Waals surface area contributed by atoms with E-state index in [2.05, 4.69) is 33.9 Å². The molecular formula is C47H64N6O9S. The third-order valence-corrected chi connectivity index (χ3v) is 17.2. The van der Waals surface area contributed by atoms with Crippen LogP contribution in [0.1, 0.15) is 115 Å². The highest BCUT2D eigenvalue weighted by atomic mass is 32.2. The van der Waals surface area contributed by atoms with E-state index in [1.54, 1.807) is 13.0 Å². The Bertz CT molecular complexity index is 2230. The number of rotatable bonds is 9. The Balaban J connectivity index is 1.07. The number of carbonyl (C=O) groups is 4. The lowest BCUT2D eigenvalue weighted by atomic mass is 9.83. The number of nitrogens with zero attached hydrogens (tertiary/aromatic N) is 3. The van der Waals surface area contributed by atoms with Crippen molar-refractivity contribution in [1.29, 1.82) is 0 Å². The predicted octanol–water partition coefficient (Wildman–Crippen LogP) is 5.30. The van der Waals surface area contributed by atoms with Crippen molar-refractivity contribution in [2.75, 3.05) is 26.7 Å². The number of hydrogen-bond donors (Lipinski definition) is 3. The van der Waals surface area contributed by atoms with E-state index < -0.39 is 68.2 Å². The van der Waals surface area contributed by atoms with Crippen LogP contribution in [0.15, 0.2) is 36.9 Å². The molecule has 3 N–H and O–H groups in total. The number of piperidine rings is 1. The normalized spacial score (nSPS) is 32.6. The summed E-state index contributed by atoms with van der Waals surface area (Å²) < 4.78 is 47.5. The molecule has 15 nitrogen and oxygen atoms in total. The fraction of sp³-hybridized carbons (Fsp3) is 0.681. The summed E-state index contributed by atoms with van der Waals surface area (Å²) in [5.41, 5.74) is 0.0152. The van der Waals surface area contributed by atoms with Crippen molar-refractivity contribution in [2.45, 2.75) is 157 Å². The van der Waals surface area contributed by atoms with E-state index in [-0.39, 0.29) is 43.4 Å². The number of sulfonamides is 1. The second kappa shape index (κ2) is 17.5. The molecule has 7 aliphatic rings. The minimum absolute atomic E-state index is 0.00986. The number of aromatic nitrogens is 1. The van der Waals surface area contributed by atoms with Gasteiger partial charge in [-0.2, -0.15) is 0 Å². The Hall–Kier alpha value is -4.44. The summed E-state index contributed by atoms with van der Waals surface area (Å²) in [5.74, 6) is -1.12. The van der Waals surface area contributed by atoms with Gasteiger partial charge in [-0.3, -0.25) is 19.1 Å². The van der Waals surface area contributed by atoms with Gasteiger partial charge in [0.2, 0.25) is 27.7 Å². The van der Waals surface area contributed by atoms with E-state index in [1.807, 2.05) is 24.3 Å². The third-order valence-electron chi connectivity index (χ3n) is 15.1. The molecule has 16 heteroatoms. The Kier molecular flexibility index (Phi) is 12.2. The summed E-state index contributed by atoms with van der Waals surface area (Å²) in [4.78, 5) is 66.2. The quantitative estimate of drug-likeness (QED) is 0.278. The first-order valence-electron chi connectivity index (χ1n) is 23.5. The highest BCUT2D eigenvalue weighted by Gasteiger charge is 2.63. The zero-order valence-corrected chi connectivity index (χ0v) is 37.6. The number of para-hydroxylation sites is 1. The van der Waals surface area contributed by atoms with Gasteiger partial charge in [0, 0.05) is 24.3 Å². The van der Waals surface area contributed by atoms with E-state index in [1.165, 1.54) is 4.90 Å². The number of carbonyl (C=O) groups excluding carboxylic acids is 4. The van der Waals surface area contributed by atoms with E-state index in [9.17, 15) is 22.8 Å². The molecule has 8 atom stereocenters. The van der Waals surface area contributed by atoms with Gasteiger partial charge in [0.1, 0.15) is 41.7 Å². The number of fused-ring (bicyclic) bond motifs is 5. The highest BCUT2D eigenvalue weighted by molar-refractivity contribution is 7.91. The fourth-order valence-corrected chi connectivity index (χ4v) is 11.9. The van der Waals surface area contributed by atoms with Gasteiger partial charge in [-0.05, 0) is 115 Å². The summed E-state index contributed by atoms with van der Waals surface area (Å²) in [7, 11) is -1.90. The van der Waals surface area contributed by atoms with Crippen LogP contribution in [-0.2, 0) is 35.6 Å². The summed E-state index contributed by atoms with van der Waals surface area (Å²) >= 11 is 0. The maximum atomic E-state index is 15.1. The SMILES string of the molecule is C=C[C@@H]1C[C@]1(NC(=O)[C@@H]1C[C@@H]2CN1C(=O)[C@H](C1CCCCC1)NC(=O)O[C@@H]1C[C@H]1CCCCCc1c(nc3ccccc3c1OC1CCCN(C)C1)O2)C(=O)NS(=O)(=O)C1(C)CC1. The number of likely N-dealkylation sites (tertiary alicyclic amines) is 1. The molecule has 342 valence electrons. The van der Waals surface area contributed by atoms with Crippen molar-refractivity contribution in [3.63, 3.8) is 0 Å². The molecule has 1 aromatic carbocycles. The molecule has 0 radical (unpaired) electrons. The van der Waals surface area contributed by atoms with Crippen molar-refractivity contribution < 1.29 is 41.8 Å². The fourth-order valence-electron chi connectivity index (χ4n) is 10.6. The minimum atomic E-state index is -4.01. The third kappa shape index (κ3) is 9.12. The van der Waals surface area contributed by atoms with Gasteiger partial charge in [-0.1, -0.05) is 50.3 Å². The van der Waals surface area contributed by atoms with Gasteiger partial charge < -0.3 is 34.6 Å². The number of pyridine rings is 1.